The summed E-state index contributed by atoms with van der Waals surface area (Å²) in [6.07, 6.45) is 8.90. The SMILES string of the molecule is O=C(C=Cc1cccs1)N(C1CC1)C1(C(=O)Nc2ccccc2)CCCC1. The number of benzene rings is 1. The lowest BCUT2D eigenvalue weighted by Gasteiger charge is -2.40. The molecule has 0 aliphatic heterocycles. The van der Waals surface area contributed by atoms with Gasteiger partial charge in [-0.15, -0.1) is 11.3 Å². The Labute approximate surface area is 163 Å². The van der Waals surface area contributed by atoms with E-state index in [9.17, 15) is 9.59 Å². The number of amides is 2. The number of carbonyl (C=O) groups is 2. The Morgan fingerprint density at radius 3 is 2.44 bits per heavy atom. The Hall–Kier alpha value is -2.40. The molecule has 2 amide bonds. The van der Waals surface area contributed by atoms with E-state index >= 15 is 0 Å². The predicted octanol–water partition coefficient (Wildman–Crippen LogP) is 4.70. The Kier molecular flexibility index (Phi) is 5.12. The Morgan fingerprint density at radius 1 is 1.07 bits per heavy atom. The van der Waals surface area contributed by atoms with E-state index in [-0.39, 0.29) is 17.9 Å². The van der Waals surface area contributed by atoms with Crippen molar-refractivity contribution in [3.05, 3.63) is 58.8 Å². The molecule has 0 unspecified atom stereocenters. The summed E-state index contributed by atoms with van der Waals surface area (Å²) in [5.74, 6) is -0.0908. The zero-order valence-corrected chi connectivity index (χ0v) is 16.1. The first kappa shape index (κ1) is 18.0. The molecule has 0 spiro atoms. The van der Waals surface area contributed by atoms with Crippen LogP contribution in [0.5, 0.6) is 0 Å². The van der Waals surface area contributed by atoms with E-state index in [0.717, 1.165) is 49.1 Å². The van der Waals surface area contributed by atoms with E-state index < -0.39 is 5.54 Å². The molecule has 27 heavy (non-hydrogen) atoms. The fourth-order valence-corrected chi connectivity index (χ4v) is 4.62. The van der Waals surface area contributed by atoms with Crippen molar-refractivity contribution in [3.63, 3.8) is 0 Å². The van der Waals surface area contributed by atoms with Gasteiger partial charge >= 0.3 is 0 Å². The number of thiophene rings is 1. The Balaban J connectivity index is 1.59. The van der Waals surface area contributed by atoms with E-state index in [0.29, 0.717) is 0 Å². The lowest BCUT2D eigenvalue weighted by atomic mass is 9.92. The highest BCUT2D eigenvalue weighted by molar-refractivity contribution is 7.10. The maximum absolute atomic E-state index is 13.3. The number of para-hydroxylation sites is 1. The third kappa shape index (κ3) is 3.83. The second-order valence-electron chi connectivity index (χ2n) is 7.35. The standard InChI is InChI=1S/C22H24N2O2S/c25-20(13-12-19-9-6-16-27-19)24(18-10-11-18)22(14-4-5-15-22)21(26)23-17-7-2-1-3-8-17/h1-3,6-9,12-13,16,18H,4-5,10-11,14-15H2,(H,23,26). The van der Waals surface area contributed by atoms with Gasteiger partial charge in [0.2, 0.25) is 11.8 Å². The number of hydrogen-bond acceptors (Lipinski definition) is 3. The molecule has 2 saturated carbocycles. The summed E-state index contributed by atoms with van der Waals surface area (Å²) in [5.41, 5.74) is 0.0551. The van der Waals surface area contributed by atoms with E-state index in [1.807, 2.05) is 58.8 Å². The highest BCUT2D eigenvalue weighted by atomic mass is 32.1. The molecular weight excluding hydrogens is 356 g/mol. The summed E-state index contributed by atoms with van der Waals surface area (Å²) < 4.78 is 0. The minimum atomic E-state index is -0.728. The molecule has 4 nitrogen and oxygen atoms in total. The monoisotopic (exact) mass is 380 g/mol. The van der Waals surface area contributed by atoms with Crippen molar-refractivity contribution in [1.82, 2.24) is 4.90 Å². The third-order valence-electron chi connectivity index (χ3n) is 5.43. The van der Waals surface area contributed by atoms with E-state index in [1.54, 1.807) is 17.4 Å². The molecule has 2 aliphatic rings. The fourth-order valence-electron chi connectivity index (χ4n) is 4.00. The highest BCUT2D eigenvalue weighted by Gasteiger charge is 2.52. The topological polar surface area (TPSA) is 49.4 Å². The van der Waals surface area contributed by atoms with Gasteiger partial charge in [-0.25, -0.2) is 0 Å². The van der Waals surface area contributed by atoms with Gasteiger partial charge in [0.15, 0.2) is 0 Å². The number of anilines is 1. The van der Waals surface area contributed by atoms with Crippen LogP contribution in [0.1, 0.15) is 43.4 Å². The van der Waals surface area contributed by atoms with Crippen LogP contribution in [-0.4, -0.2) is 28.3 Å². The van der Waals surface area contributed by atoms with Gasteiger partial charge in [-0.1, -0.05) is 37.1 Å². The number of rotatable bonds is 6. The maximum Gasteiger partial charge on any atom is 0.250 e. The summed E-state index contributed by atoms with van der Waals surface area (Å²) in [5, 5.41) is 5.05. The second kappa shape index (κ2) is 7.69. The normalized spacial score (nSPS) is 18.5. The molecule has 2 aromatic rings. The van der Waals surface area contributed by atoms with Crippen molar-refractivity contribution in [3.8, 4) is 0 Å². The van der Waals surface area contributed by atoms with E-state index in [1.165, 1.54) is 0 Å². The number of hydrogen-bond donors (Lipinski definition) is 1. The molecule has 4 rings (SSSR count). The molecule has 1 N–H and O–H groups in total. The van der Waals surface area contributed by atoms with Crippen LogP contribution in [0.2, 0.25) is 0 Å². The molecule has 1 aromatic carbocycles. The summed E-state index contributed by atoms with van der Waals surface area (Å²) in [7, 11) is 0. The Morgan fingerprint density at radius 2 is 1.81 bits per heavy atom. The first-order chi connectivity index (χ1) is 13.2. The van der Waals surface area contributed by atoms with Crippen LogP contribution in [0.15, 0.2) is 53.9 Å². The molecule has 2 aliphatic carbocycles. The van der Waals surface area contributed by atoms with Crippen molar-refractivity contribution in [2.75, 3.05) is 5.32 Å². The molecule has 140 valence electrons. The average Bonchev–Trinajstić information content (AvgIpc) is 3.16. The van der Waals surface area contributed by atoms with Crippen LogP contribution in [-0.2, 0) is 9.59 Å². The molecule has 2 fully saturated rings. The minimum absolute atomic E-state index is 0.0454. The largest absolute Gasteiger partial charge is 0.324 e. The lowest BCUT2D eigenvalue weighted by Crippen LogP contribution is -2.58. The number of carbonyl (C=O) groups excluding carboxylic acids is 2. The molecular formula is C22H24N2O2S. The molecule has 0 saturated heterocycles. The molecule has 1 aromatic heterocycles. The summed E-state index contributed by atoms with van der Waals surface area (Å²) in [4.78, 5) is 29.4. The van der Waals surface area contributed by atoms with Crippen molar-refractivity contribution < 1.29 is 9.59 Å². The van der Waals surface area contributed by atoms with Crippen molar-refractivity contribution in [2.24, 2.45) is 0 Å². The van der Waals surface area contributed by atoms with Crippen molar-refractivity contribution in [2.45, 2.75) is 50.1 Å². The maximum atomic E-state index is 13.3. The van der Waals surface area contributed by atoms with E-state index in [2.05, 4.69) is 5.32 Å². The molecule has 0 radical (unpaired) electrons. The van der Waals surface area contributed by atoms with Gasteiger partial charge in [-0.3, -0.25) is 9.59 Å². The van der Waals surface area contributed by atoms with Gasteiger partial charge in [-0.05, 0) is 55.3 Å². The lowest BCUT2D eigenvalue weighted by molar-refractivity contribution is -0.142. The minimum Gasteiger partial charge on any atom is -0.324 e. The summed E-state index contributed by atoms with van der Waals surface area (Å²) in [6.45, 7) is 0. The van der Waals surface area contributed by atoms with Crippen LogP contribution in [0.25, 0.3) is 6.08 Å². The van der Waals surface area contributed by atoms with Crippen LogP contribution >= 0.6 is 11.3 Å². The van der Waals surface area contributed by atoms with Crippen LogP contribution < -0.4 is 5.32 Å². The van der Waals surface area contributed by atoms with Gasteiger partial charge < -0.3 is 10.2 Å². The third-order valence-corrected chi connectivity index (χ3v) is 6.27. The van der Waals surface area contributed by atoms with Crippen LogP contribution in [0.4, 0.5) is 5.69 Å². The van der Waals surface area contributed by atoms with E-state index in [4.69, 9.17) is 0 Å². The van der Waals surface area contributed by atoms with Gasteiger partial charge in [0.1, 0.15) is 5.54 Å². The van der Waals surface area contributed by atoms with Gasteiger partial charge in [-0.2, -0.15) is 0 Å². The number of nitrogens with zero attached hydrogens (tertiary/aromatic N) is 1. The zero-order chi connectivity index (χ0) is 18.7. The van der Waals surface area contributed by atoms with Gasteiger partial charge in [0, 0.05) is 22.7 Å². The predicted molar refractivity (Wildman–Crippen MR) is 109 cm³/mol. The average molecular weight is 381 g/mol. The molecule has 0 atom stereocenters. The molecule has 1 heterocycles. The highest BCUT2D eigenvalue weighted by Crippen LogP contribution is 2.43. The van der Waals surface area contributed by atoms with Crippen LogP contribution in [0.3, 0.4) is 0 Å². The Bertz CT molecular complexity index is 819. The van der Waals surface area contributed by atoms with Gasteiger partial charge in [0.05, 0.1) is 0 Å². The van der Waals surface area contributed by atoms with Gasteiger partial charge in [0.25, 0.3) is 0 Å². The van der Waals surface area contributed by atoms with Crippen molar-refractivity contribution in [1.29, 1.82) is 0 Å². The van der Waals surface area contributed by atoms with Crippen LogP contribution in [0, 0.1) is 0 Å². The molecule has 0 bridgehead atoms. The fraction of sp³-hybridized carbons (Fsp3) is 0.364. The summed E-state index contributed by atoms with van der Waals surface area (Å²) in [6, 6.07) is 13.7. The smallest absolute Gasteiger partial charge is 0.250 e. The summed E-state index contributed by atoms with van der Waals surface area (Å²) >= 11 is 1.60. The quantitative estimate of drug-likeness (QED) is 0.738. The first-order valence-corrected chi connectivity index (χ1v) is 10.5. The second-order valence-corrected chi connectivity index (χ2v) is 8.33. The first-order valence-electron chi connectivity index (χ1n) is 9.60. The zero-order valence-electron chi connectivity index (χ0n) is 15.3. The van der Waals surface area contributed by atoms with Crippen molar-refractivity contribution >= 4 is 34.9 Å². The number of nitrogens with one attached hydrogen (secondary N) is 1. The molecule has 5 heteroatoms.